The molecular formula is C20H25NO3. The molecular weight excluding hydrogens is 302 g/mol. The Bertz CT molecular complexity index is 655. The van der Waals surface area contributed by atoms with E-state index in [9.17, 15) is 4.79 Å². The molecule has 0 bridgehead atoms. The van der Waals surface area contributed by atoms with Gasteiger partial charge in [-0.05, 0) is 43.2 Å². The van der Waals surface area contributed by atoms with E-state index in [0.717, 1.165) is 25.0 Å². The smallest absolute Gasteiger partial charge is 0.255 e. The number of hydrogen-bond acceptors (Lipinski definition) is 3. The number of unbranched alkanes of at least 4 members (excludes halogenated alkanes) is 1. The van der Waals surface area contributed by atoms with Crippen LogP contribution < -0.4 is 14.8 Å². The van der Waals surface area contributed by atoms with E-state index < -0.39 is 0 Å². The SMILES string of the molecule is CCCCOc1cccc(NC(=O)c2cccc(OCCC)c2)c1. The van der Waals surface area contributed by atoms with Crippen LogP contribution in [-0.4, -0.2) is 19.1 Å². The van der Waals surface area contributed by atoms with Crippen LogP contribution in [0.5, 0.6) is 11.5 Å². The number of anilines is 1. The van der Waals surface area contributed by atoms with Gasteiger partial charge in [-0.15, -0.1) is 0 Å². The van der Waals surface area contributed by atoms with Gasteiger partial charge in [-0.2, -0.15) is 0 Å². The summed E-state index contributed by atoms with van der Waals surface area (Å²) in [7, 11) is 0. The highest BCUT2D eigenvalue weighted by atomic mass is 16.5. The number of benzene rings is 2. The second kappa shape index (κ2) is 9.60. The fraction of sp³-hybridized carbons (Fsp3) is 0.350. The molecule has 0 radical (unpaired) electrons. The van der Waals surface area contributed by atoms with E-state index in [4.69, 9.17) is 9.47 Å². The van der Waals surface area contributed by atoms with Crippen molar-refractivity contribution < 1.29 is 14.3 Å². The highest BCUT2D eigenvalue weighted by molar-refractivity contribution is 6.04. The summed E-state index contributed by atoms with van der Waals surface area (Å²) >= 11 is 0. The van der Waals surface area contributed by atoms with Crippen LogP contribution in [0, 0.1) is 0 Å². The van der Waals surface area contributed by atoms with Gasteiger partial charge >= 0.3 is 0 Å². The van der Waals surface area contributed by atoms with E-state index in [-0.39, 0.29) is 5.91 Å². The standard InChI is InChI=1S/C20H25NO3/c1-3-5-13-24-19-11-7-9-17(15-19)21-20(22)16-8-6-10-18(14-16)23-12-4-2/h6-11,14-15H,3-5,12-13H2,1-2H3,(H,21,22). The van der Waals surface area contributed by atoms with E-state index in [1.165, 1.54) is 0 Å². The molecule has 24 heavy (non-hydrogen) atoms. The summed E-state index contributed by atoms with van der Waals surface area (Å²) < 4.78 is 11.2. The van der Waals surface area contributed by atoms with Crippen LogP contribution in [0.4, 0.5) is 5.69 Å². The molecule has 2 rings (SSSR count). The van der Waals surface area contributed by atoms with Crippen LogP contribution in [-0.2, 0) is 0 Å². The van der Waals surface area contributed by atoms with Gasteiger partial charge in [0.2, 0.25) is 0 Å². The summed E-state index contributed by atoms with van der Waals surface area (Å²) in [5, 5.41) is 2.90. The Morgan fingerprint density at radius 2 is 1.62 bits per heavy atom. The van der Waals surface area contributed by atoms with Gasteiger partial charge in [0.05, 0.1) is 13.2 Å². The number of carbonyl (C=O) groups is 1. The first-order valence-electron chi connectivity index (χ1n) is 8.50. The first-order chi connectivity index (χ1) is 11.7. The van der Waals surface area contributed by atoms with Crippen LogP contribution in [0.15, 0.2) is 48.5 Å². The molecule has 4 heteroatoms. The fourth-order valence-electron chi connectivity index (χ4n) is 2.15. The first kappa shape index (κ1) is 17.9. The third kappa shape index (κ3) is 5.61. The summed E-state index contributed by atoms with van der Waals surface area (Å²) in [6, 6.07) is 14.7. The molecule has 0 aromatic heterocycles. The molecule has 4 nitrogen and oxygen atoms in total. The minimum atomic E-state index is -0.164. The lowest BCUT2D eigenvalue weighted by atomic mass is 10.2. The fourth-order valence-corrected chi connectivity index (χ4v) is 2.15. The molecule has 0 heterocycles. The zero-order chi connectivity index (χ0) is 17.2. The molecule has 0 aliphatic heterocycles. The molecule has 2 aromatic carbocycles. The van der Waals surface area contributed by atoms with Crippen molar-refractivity contribution in [3.8, 4) is 11.5 Å². The maximum absolute atomic E-state index is 12.4. The molecule has 1 N–H and O–H groups in total. The summed E-state index contributed by atoms with van der Waals surface area (Å²) in [6.45, 7) is 5.50. The lowest BCUT2D eigenvalue weighted by Crippen LogP contribution is -2.12. The van der Waals surface area contributed by atoms with Crippen LogP contribution in [0.1, 0.15) is 43.5 Å². The topological polar surface area (TPSA) is 47.6 Å². The Morgan fingerprint density at radius 1 is 0.917 bits per heavy atom. The number of amides is 1. The van der Waals surface area contributed by atoms with E-state index in [0.29, 0.717) is 30.2 Å². The first-order valence-corrected chi connectivity index (χ1v) is 8.50. The van der Waals surface area contributed by atoms with Gasteiger partial charge in [-0.1, -0.05) is 32.4 Å². The van der Waals surface area contributed by atoms with Crippen molar-refractivity contribution in [2.45, 2.75) is 33.1 Å². The average molecular weight is 327 g/mol. The highest BCUT2D eigenvalue weighted by Gasteiger charge is 2.08. The maximum atomic E-state index is 12.4. The lowest BCUT2D eigenvalue weighted by molar-refractivity contribution is 0.102. The molecule has 0 aliphatic carbocycles. The van der Waals surface area contributed by atoms with Crippen LogP contribution in [0.2, 0.25) is 0 Å². The van der Waals surface area contributed by atoms with E-state index in [2.05, 4.69) is 12.2 Å². The molecule has 1 amide bonds. The Labute approximate surface area is 143 Å². The van der Waals surface area contributed by atoms with Crippen molar-refractivity contribution >= 4 is 11.6 Å². The number of nitrogens with one attached hydrogen (secondary N) is 1. The molecule has 128 valence electrons. The maximum Gasteiger partial charge on any atom is 0.255 e. The van der Waals surface area contributed by atoms with Crippen LogP contribution in [0.3, 0.4) is 0 Å². The third-order valence-corrected chi connectivity index (χ3v) is 3.43. The predicted octanol–water partition coefficient (Wildman–Crippen LogP) is 4.91. The van der Waals surface area contributed by atoms with Gasteiger partial charge in [-0.3, -0.25) is 4.79 Å². The largest absolute Gasteiger partial charge is 0.494 e. The van der Waals surface area contributed by atoms with Crippen LogP contribution in [0.25, 0.3) is 0 Å². The molecule has 0 spiro atoms. The van der Waals surface area contributed by atoms with Crippen LogP contribution >= 0.6 is 0 Å². The van der Waals surface area contributed by atoms with Crippen molar-refractivity contribution in [1.29, 1.82) is 0 Å². The van der Waals surface area contributed by atoms with Gasteiger partial charge in [-0.25, -0.2) is 0 Å². The van der Waals surface area contributed by atoms with Crippen molar-refractivity contribution in [3.63, 3.8) is 0 Å². The number of carbonyl (C=O) groups excluding carboxylic acids is 1. The van der Waals surface area contributed by atoms with Crippen molar-refractivity contribution in [3.05, 3.63) is 54.1 Å². The zero-order valence-electron chi connectivity index (χ0n) is 14.4. The van der Waals surface area contributed by atoms with E-state index in [1.54, 1.807) is 12.1 Å². The average Bonchev–Trinajstić information content (AvgIpc) is 2.61. The summed E-state index contributed by atoms with van der Waals surface area (Å²) in [4.78, 5) is 12.4. The number of hydrogen-bond donors (Lipinski definition) is 1. The minimum absolute atomic E-state index is 0.164. The normalized spacial score (nSPS) is 10.2. The van der Waals surface area contributed by atoms with Crippen molar-refractivity contribution in [2.24, 2.45) is 0 Å². The van der Waals surface area contributed by atoms with Crippen molar-refractivity contribution in [1.82, 2.24) is 0 Å². The summed E-state index contributed by atoms with van der Waals surface area (Å²) in [6.07, 6.45) is 3.04. The number of rotatable bonds is 9. The van der Waals surface area contributed by atoms with Gasteiger partial charge in [0.25, 0.3) is 5.91 Å². The minimum Gasteiger partial charge on any atom is -0.494 e. The third-order valence-electron chi connectivity index (χ3n) is 3.43. The molecule has 0 saturated heterocycles. The molecule has 0 atom stereocenters. The van der Waals surface area contributed by atoms with E-state index >= 15 is 0 Å². The second-order valence-corrected chi connectivity index (χ2v) is 5.56. The second-order valence-electron chi connectivity index (χ2n) is 5.56. The highest BCUT2D eigenvalue weighted by Crippen LogP contribution is 2.20. The predicted molar refractivity (Wildman–Crippen MR) is 97.0 cm³/mol. The summed E-state index contributed by atoms with van der Waals surface area (Å²) in [5.74, 6) is 1.31. The number of ether oxygens (including phenoxy) is 2. The van der Waals surface area contributed by atoms with Gasteiger partial charge < -0.3 is 14.8 Å². The van der Waals surface area contributed by atoms with E-state index in [1.807, 2.05) is 43.3 Å². The Kier molecular flexibility index (Phi) is 7.15. The zero-order valence-corrected chi connectivity index (χ0v) is 14.4. The quantitative estimate of drug-likeness (QED) is 0.666. The van der Waals surface area contributed by atoms with Gasteiger partial charge in [0.15, 0.2) is 0 Å². The Hall–Kier alpha value is -2.49. The molecule has 0 saturated carbocycles. The Balaban J connectivity index is 2.00. The molecule has 0 aliphatic rings. The summed E-state index contributed by atoms with van der Waals surface area (Å²) in [5.41, 5.74) is 1.29. The van der Waals surface area contributed by atoms with Gasteiger partial charge in [0, 0.05) is 17.3 Å². The molecule has 0 unspecified atom stereocenters. The lowest BCUT2D eigenvalue weighted by Gasteiger charge is -2.10. The molecule has 2 aromatic rings. The molecule has 0 fully saturated rings. The monoisotopic (exact) mass is 327 g/mol. The van der Waals surface area contributed by atoms with Gasteiger partial charge in [0.1, 0.15) is 11.5 Å². The Morgan fingerprint density at radius 3 is 2.38 bits per heavy atom. The van der Waals surface area contributed by atoms with Crippen molar-refractivity contribution in [2.75, 3.05) is 18.5 Å².